The van der Waals surface area contributed by atoms with Crippen LogP contribution >= 0.6 is 11.6 Å². The Balaban J connectivity index is 2.16. The van der Waals surface area contributed by atoms with Crippen molar-refractivity contribution in [1.29, 1.82) is 0 Å². The number of alkyl halides is 3. The van der Waals surface area contributed by atoms with Gasteiger partial charge in [-0.2, -0.15) is 13.2 Å². The normalized spacial score (nSPS) is 12.0. The van der Waals surface area contributed by atoms with Gasteiger partial charge < -0.3 is 4.42 Å². The Morgan fingerprint density at radius 1 is 1.05 bits per heavy atom. The molecule has 102 valence electrons. The second kappa shape index (κ2) is 4.49. The molecule has 0 saturated carbocycles. The topological polar surface area (TPSA) is 38.9 Å². The lowest BCUT2D eigenvalue weighted by molar-refractivity contribution is -0.144. The summed E-state index contributed by atoms with van der Waals surface area (Å²) in [7, 11) is 0. The molecule has 3 aromatic rings. The summed E-state index contributed by atoms with van der Waals surface area (Å²) in [4.78, 5) is 6.63. The summed E-state index contributed by atoms with van der Waals surface area (Å²) in [5, 5.41) is 0.480. The molecule has 0 unspecified atom stereocenters. The van der Waals surface area contributed by atoms with E-state index in [1.54, 1.807) is 30.3 Å². The van der Waals surface area contributed by atoms with Crippen LogP contribution < -0.4 is 0 Å². The van der Waals surface area contributed by atoms with Gasteiger partial charge in [-0.25, -0.2) is 9.97 Å². The first-order valence-electron chi connectivity index (χ1n) is 5.54. The van der Waals surface area contributed by atoms with E-state index in [4.69, 9.17) is 16.0 Å². The quantitative estimate of drug-likeness (QED) is 0.618. The van der Waals surface area contributed by atoms with Crippen LogP contribution in [-0.2, 0) is 6.18 Å². The Bertz CT molecular complexity index is 750. The van der Waals surface area contributed by atoms with Crippen molar-refractivity contribution in [3.8, 4) is 11.5 Å². The van der Waals surface area contributed by atoms with E-state index in [0.29, 0.717) is 5.58 Å². The molecule has 0 aliphatic rings. The molecule has 0 fully saturated rings. The molecule has 0 aliphatic carbocycles. The molecule has 2 aromatic heterocycles. The molecule has 0 N–H and O–H groups in total. The molecule has 1 aromatic carbocycles. The fourth-order valence-electron chi connectivity index (χ4n) is 1.78. The maximum absolute atomic E-state index is 12.7. The Kier molecular flexibility index (Phi) is 2.90. The van der Waals surface area contributed by atoms with E-state index in [9.17, 15) is 13.2 Å². The molecular formula is C13H6ClF3N2O. The van der Waals surface area contributed by atoms with Crippen LogP contribution in [-0.4, -0.2) is 9.97 Å². The summed E-state index contributed by atoms with van der Waals surface area (Å²) >= 11 is 5.61. The first-order chi connectivity index (χ1) is 9.43. The maximum atomic E-state index is 12.7. The number of rotatable bonds is 1. The minimum Gasteiger partial charge on any atom is -0.454 e. The Morgan fingerprint density at radius 3 is 2.50 bits per heavy atom. The smallest absolute Gasteiger partial charge is 0.451 e. The molecule has 7 heteroatoms. The molecule has 3 nitrogen and oxygen atoms in total. The molecule has 0 bridgehead atoms. The van der Waals surface area contributed by atoms with Crippen molar-refractivity contribution in [2.45, 2.75) is 6.18 Å². The monoisotopic (exact) mass is 298 g/mol. The van der Waals surface area contributed by atoms with E-state index in [-0.39, 0.29) is 16.6 Å². The van der Waals surface area contributed by atoms with Gasteiger partial charge in [0.15, 0.2) is 5.76 Å². The number of nitrogens with zero attached hydrogens (tertiary/aromatic N) is 2. The van der Waals surface area contributed by atoms with Crippen molar-refractivity contribution < 1.29 is 17.6 Å². The predicted octanol–water partition coefficient (Wildman–Crippen LogP) is 4.56. The first-order valence-corrected chi connectivity index (χ1v) is 5.92. The molecule has 0 amide bonds. The fraction of sp³-hybridized carbons (Fsp3) is 0.0769. The van der Waals surface area contributed by atoms with Gasteiger partial charge in [-0.15, -0.1) is 0 Å². The van der Waals surface area contributed by atoms with Gasteiger partial charge in [0.05, 0.1) is 0 Å². The van der Waals surface area contributed by atoms with Crippen LogP contribution in [0.4, 0.5) is 13.2 Å². The number of aromatic nitrogens is 2. The van der Waals surface area contributed by atoms with Gasteiger partial charge in [-0.1, -0.05) is 29.8 Å². The third-order valence-corrected chi connectivity index (χ3v) is 2.82. The van der Waals surface area contributed by atoms with Gasteiger partial charge in [0, 0.05) is 11.5 Å². The van der Waals surface area contributed by atoms with Crippen molar-refractivity contribution in [2.24, 2.45) is 0 Å². The van der Waals surface area contributed by atoms with Crippen LogP contribution in [0, 0.1) is 0 Å². The Morgan fingerprint density at radius 2 is 1.80 bits per heavy atom. The molecule has 20 heavy (non-hydrogen) atoms. The zero-order valence-electron chi connectivity index (χ0n) is 9.78. The number of halogens is 4. The van der Waals surface area contributed by atoms with Crippen molar-refractivity contribution in [3.05, 3.63) is 47.4 Å². The van der Waals surface area contributed by atoms with Gasteiger partial charge in [0.1, 0.15) is 16.4 Å². The summed E-state index contributed by atoms with van der Waals surface area (Å²) in [5.41, 5.74) is 0.555. The number of furan rings is 1. The highest BCUT2D eigenvalue weighted by Gasteiger charge is 2.35. The van der Waals surface area contributed by atoms with Gasteiger partial charge in [-0.05, 0) is 12.1 Å². The van der Waals surface area contributed by atoms with Crippen molar-refractivity contribution in [1.82, 2.24) is 9.97 Å². The van der Waals surface area contributed by atoms with E-state index in [2.05, 4.69) is 9.97 Å². The largest absolute Gasteiger partial charge is 0.454 e. The fourth-order valence-corrected chi connectivity index (χ4v) is 1.96. The minimum absolute atomic E-state index is 0.00600. The molecule has 0 radical (unpaired) electrons. The minimum atomic E-state index is -4.66. The van der Waals surface area contributed by atoms with Gasteiger partial charge in [-0.3, -0.25) is 0 Å². The molecule has 2 heterocycles. The molecule has 3 rings (SSSR count). The Hall–Kier alpha value is -2.08. The zero-order chi connectivity index (χ0) is 14.3. The van der Waals surface area contributed by atoms with E-state index in [0.717, 1.165) is 5.39 Å². The van der Waals surface area contributed by atoms with E-state index in [1.165, 1.54) is 6.07 Å². The van der Waals surface area contributed by atoms with Crippen molar-refractivity contribution in [3.63, 3.8) is 0 Å². The second-order valence-corrected chi connectivity index (χ2v) is 4.43. The van der Waals surface area contributed by atoms with E-state index < -0.39 is 12.0 Å². The lowest BCUT2D eigenvalue weighted by Gasteiger charge is -2.06. The average Bonchev–Trinajstić information content (AvgIpc) is 2.80. The van der Waals surface area contributed by atoms with E-state index >= 15 is 0 Å². The van der Waals surface area contributed by atoms with Crippen LogP contribution in [0.3, 0.4) is 0 Å². The van der Waals surface area contributed by atoms with Crippen molar-refractivity contribution in [2.75, 3.05) is 0 Å². The Labute approximate surface area is 116 Å². The molecule has 0 spiro atoms. The predicted molar refractivity (Wildman–Crippen MR) is 67.3 cm³/mol. The van der Waals surface area contributed by atoms with Crippen LogP contribution in [0.1, 0.15) is 5.82 Å². The molecular weight excluding hydrogens is 293 g/mol. The SMILES string of the molecule is FC(F)(F)c1nc(Cl)cc(-c2cc3ccccc3o2)n1. The number of hydrogen-bond acceptors (Lipinski definition) is 3. The number of fused-ring (bicyclic) bond motifs is 1. The lowest BCUT2D eigenvalue weighted by atomic mass is 10.2. The van der Waals surface area contributed by atoms with Gasteiger partial charge >= 0.3 is 6.18 Å². The summed E-state index contributed by atoms with van der Waals surface area (Å²) in [5.74, 6) is -1.08. The number of para-hydroxylation sites is 1. The number of hydrogen-bond donors (Lipinski definition) is 0. The van der Waals surface area contributed by atoms with Crippen LogP contribution in [0.25, 0.3) is 22.4 Å². The van der Waals surface area contributed by atoms with Crippen LogP contribution in [0.15, 0.2) is 40.8 Å². The summed E-state index contributed by atoms with van der Waals surface area (Å²) in [6.45, 7) is 0. The zero-order valence-corrected chi connectivity index (χ0v) is 10.5. The van der Waals surface area contributed by atoms with Crippen molar-refractivity contribution >= 4 is 22.6 Å². The summed E-state index contributed by atoms with van der Waals surface area (Å²) in [6, 6.07) is 9.91. The molecule has 0 aliphatic heterocycles. The third kappa shape index (κ3) is 2.34. The lowest BCUT2D eigenvalue weighted by Crippen LogP contribution is -2.11. The van der Waals surface area contributed by atoms with Gasteiger partial charge in [0.2, 0.25) is 5.82 Å². The van der Waals surface area contributed by atoms with Crippen LogP contribution in [0.5, 0.6) is 0 Å². The van der Waals surface area contributed by atoms with E-state index in [1.807, 2.05) is 0 Å². The van der Waals surface area contributed by atoms with Gasteiger partial charge in [0.25, 0.3) is 0 Å². The second-order valence-electron chi connectivity index (χ2n) is 4.05. The average molecular weight is 299 g/mol. The van der Waals surface area contributed by atoms with Crippen LogP contribution in [0.2, 0.25) is 5.15 Å². The highest BCUT2D eigenvalue weighted by molar-refractivity contribution is 6.29. The standard InChI is InChI=1S/C13H6ClF3N2O/c14-11-6-8(18-12(19-11)13(15,16)17)10-5-7-3-1-2-4-9(7)20-10/h1-6H. The molecule has 0 saturated heterocycles. The number of benzene rings is 1. The highest BCUT2D eigenvalue weighted by Crippen LogP contribution is 2.31. The third-order valence-electron chi connectivity index (χ3n) is 2.63. The summed E-state index contributed by atoms with van der Waals surface area (Å²) in [6.07, 6.45) is -4.66. The maximum Gasteiger partial charge on any atom is 0.451 e. The molecule has 0 atom stereocenters. The summed E-state index contributed by atoms with van der Waals surface area (Å²) < 4.78 is 43.4. The highest BCUT2D eigenvalue weighted by atomic mass is 35.5. The first kappa shape index (κ1) is 12.9.